The van der Waals surface area contributed by atoms with Gasteiger partial charge in [-0.2, -0.15) is 0 Å². The molecule has 0 bridgehead atoms. The van der Waals surface area contributed by atoms with Crippen LogP contribution in [0.2, 0.25) is 0 Å². The number of hydrogen-bond donors (Lipinski definition) is 1. The first-order chi connectivity index (χ1) is 9.26. The molecule has 19 heavy (non-hydrogen) atoms. The van der Waals surface area contributed by atoms with Crippen molar-refractivity contribution in [2.24, 2.45) is 5.41 Å². The predicted octanol–water partition coefficient (Wildman–Crippen LogP) is 4.69. The van der Waals surface area contributed by atoms with Crippen LogP contribution in [0, 0.1) is 12.3 Å². The van der Waals surface area contributed by atoms with Gasteiger partial charge in [0, 0.05) is 15.8 Å². The van der Waals surface area contributed by atoms with E-state index in [0.29, 0.717) is 5.41 Å². The Morgan fingerprint density at radius 2 is 2.00 bits per heavy atom. The van der Waals surface area contributed by atoms with Gasteiger partial charge in [-0.25, -0.2) is 0 Å². The summed E-state index contributed by atoms with van der Waals surface area (Å²) in [4.78, 5) is 3.06. The Labute approximate surface area is 121 Å². The van der Waals surface area contributed by atoms with E-state index in [2.05, 4.69) is 24.4 Å². The Morgan fingerprint density at radius 3 is 2.63 bits per heavy atom. The lowest BCUT2D eigenvalue weighted by Crippen LogP contribution is -2.26. The van der Waals surface area contributed by atoms with Crippen molar-refractivity contribution in [3.8, 4) is 0 Å². The van der Waals surface area contributed by atoms with Gasteiger partial charge in [-0.1, -0.05) is 12.8 Å². The Morgan fingerprint density at radius 1 is 1.21 bits per heavy atom. The molecule has 2 saturated carbocycles. The summed E-state index contributed by atoms with van der Waals surface area (Å²) in [6, 6.07) is 5.49. The number of rotatable bonds is 7. The molecule has 3 rings (SSSR count). The zero-order valence-electron chi connectivity index (χ0n) is 12.2. The van der Waals surface area contributed by atoms with E-state index in [9.17, 15) is 0 Å². The quantitative estimate of drug-likeness (QED) is 0.762. The summed E-state index contributed by atoms with van der Waals surface area (Å²) in [6.07, 6.45) is 12.9. The Kier molecular flexibility index (Phi) is 4.28. The lowest BCUT2D eigenvalue weighted by Gasteiger charge is -2.29. The monoisotopic (exact) mass is 277 g/mol. The summed E-state index contributed by atoms with van der Waals surface area (Å²) in [5, 5.41) is 3.71. The molecular formula is C17H27NS. The van der Waals surface area contributed by atoms with Crippen molar-refractivity contribution in [1.29, 1.82) is 0 Å². The van der Waals surface area contributed by atoms with E-state index in [1.54, 1.807) is 4.88 Å². The fourth-order valence-electron chi connectivity index (χ4n) is 3.59. The molecule has 1 aromatic rings. The van der Waals surface area contributed by atoms with Crippen molar-refractivity contribution in [2.75, 3.05) is 6.54 Å². The highest BCUT2D eigenvalue weighted by atomic mass is 32.1. The first-order valence-electron chi connectivity index (χ1n) is 8.05. The molecule has 2 fully saturated rings. The predicted molar refractivity (Wildman–Crippen MR) is 83.9 cm³/mol. The molecule has 0 amide bonds. The van der Waals surface area contributed by atoms with Gasteiger partial charge in [0.25, 0.3) is 0 Å². The molecule has 0 spiro atoms. The third-order valence-corrected chi connectivity index (χ3v) is 6.09. The molecule has 0 aliphatic heterocycles. The number of thiophene rings is 1. The Bertz CT molecular complexity index is 399. The molecule has 1 heterocycles. The van der Waals surface area contributed by atoms with E-state index in [1.165, 1.54) is 69.2 Å². The third-order valence-electron chi connectivity index (χ3n) is 5.03. The van der Waals surface area contributed by atoms with Gasteiger partial charge in [0.15, 0.2) is 0 Å². The molecule has 2 aliphatic rings. The van der Waals surface area contributed by atoms with Crippen LogP contribution in [0.4, 0.5) is 0 Å². The molecule has 1 nitrogen and oxygen atoms in total. The minimum Gasteiger partial charge on any atom is -0.314 e. The zero-order chi connectivity index (χ0) is 13.1. The second kappa shape index (κ2) is 5.97. The lowest BCUT2D eigenvalue weighted by atomic mass is 9.78. The Balaban J connectivity index is 1.50. The van der Waals surface area contributed by atoms with Gasteiger partial charge in [0.2, 0.25) is 0 Å². The van der Waals surface area contributed by atoms with E-state index in [4.69, 9.17) is 0 Å². The topological polar surface area (TPSA) is 12.0 Å². The van der Waals surface area contributed by atoms with Crippen LogP contribution in [-0.4, -0.2) is 12.6 Å². The molecule has 0 unspecified atom stereocenters. The number of hydrogen-bond acceptors (Lipinski definition) is 2. The van der Waals surface area contributed by atoms with Crippen LogP contribution in [0.25, 0.3) is 0 Å². The molecular weight excluding hydrogens is 250 g/mol. The van der Waals surface area contributed by atoms with Gasteiger partial charge < -0.3 is 5.32 Å². The van der Waals surface area contributed by atoms with Crippen molar-refractivity contribution >= 4 is 11.3 Å². The second-order valence-electron chi connectivity index (χ2n) is 6.70. The number of aryl methyl sites for hydroxylation is 2. The van der Waals surface area contributed by atoms with Gasteiger partial charge in [0.05, 0.1) is 0 Å². The first kappa shape index (κ1) is 13.6. The average molecular weight is 277 g/mol. The standard InChI is InChI=1S/C17H27NS/c1-14-4-7-16(19-14)8-11-17(9-2-3-10-17)12-13-18-15-5-6-15/h4,7,15,18H,2-3,5-6,8-13H2,1H3. The molecule has 1 aromatic heterocycles. The summed E-state index contributed by atoms with van der Waals surface area (Å²) in [5.41, 5.74) is 0.666. The third kappa shape index (κ3) is 3.82. The van der Waals surface area contributed by atoms with E-state index in [1.807, 2.05) is 11.3 Å². The normalized spacial score (nSPS) is 21.9. The van der Waals surface area contributed by atoms with Crippen LogP contribution >= 0.6 is 11.3 Å². The summed E-state index contributed by atoms with van der Waals surface area (Å²) in [5.74, 6) is 0. The fraction of sp³-hybridized carbons (Fsp3) is 0.765. The van der Waals surface area contributed by atoms with Crippen molar-refractivity contribution < 1.29 is 0 Å². The van der Waals surface area contributed by atoms with E-state index < -0.39 is 0 Å². The first-order valence-corrected chi connectivity index (χ1v) is 8.86. The molecule has 0 saturated heterocycles. The highest BCUT2D eigenvalue weighted by molar-refractivity contribution is 7.11. The fourth-order valence-corrected chi connectivity index (χ4v) is 4.48. The summed E-state index contributed by atoms with van der Waals surface area (Å²) >= 11 is 1.99. The largest absolute Gasteiger partial charge is 0.314 e. The summed E-state index contributed by atoms with van der Waals surface area (Å²) < 4.78 is 0. The van der Waals surface area contributed by atoms with Crippen LogP contribution in [0.1, 0.15) is 61.1 Å². The molecule has 2 aliphatic carbocycles. The van der Waals surface area contributed by atoms with Crippen molar-refractivity contribution in [2.45, 2.75) is 70.8 Å². The number of nitrogens with one attached hydrogen (secondary N) is 1. The van der Waals surface area contributed by atoms with Crippen molar-refractivity contribution in [1.82, 2.24) is 5.32 Å². The van der Waals surface area contributed by atoms with Crippen LogP contribution in [0.3, 0.4) is 0 Å². The van der Waals surface area contributed by atoms with Gasteiger partial charge in [0.1, 0.15) is 0 Å². The van der Waals surface area contributed by atoms with Gasteiger partial charge >= 0.3 is 0 Å². The van der Waals surface area contributed by atoms with Crippen LogP contribution in [0.5, 0.6) is 0 Å². The molecule has 0 radical (unpaired) electrons. The van der Waals surface area contributed by atoms with Crippen molar-refractivity contribution in [3.05, 3.63) is 21.9 Å². The molecule has 0 aromatic carbocycles. The molecule has 106 valence electrons. The minimum absolute atomic E-state index is 0.666. The van der Waals surface area contributed by atoms with E-state index in [-0.39, 0.29) is 0 Å². The van der Waals surface area contributed by atoms with Crippen LogP contribution in [0.15, 0.2) is 12.1 Å². The minimum atomic E-state index is 0.666. The van der Waals surface area contributed by atoms with Crippen LogP contribution in [-0.2, 0) is 6.42 Å². The molecule has 2 heteroatoms. The van der Waals surface area contributed by atoms with Crippen molar-refractivity contribution in [3.63, 3.8) is 0 Å². The van der Waals surface area contributed by atoms with Gasteiger partial charge in [-0.3, -0.25) is 0 Å². The van der Waals surface area contributed by atoms with Gasteiger partial charge in [-0.05, 0) is 76.0 Å². The second-order valence-corrected chi connectivity index (χ2v) is 8.07. The van der Waals surface area contributed by atoms with E-state index >= 15 is 0 Å². The summed E-state index contributed by atoms with van der Waals surface area (Å²) in [7, 11) is 0. The average Bonchev–Trinajstić information content (AvgIpc) is 2.94. The zero-order valence-corrected chi connectivity index (χ0v) is 13.0. The maximum Gasteiger partial charge on any atom is 0.00682 e. The van der Waals surface area contributed by atoms with E-state index in [0.717, 1.165) is 6.04 Å². The highest BCUT2D eigenvalue weighted by Crippen LogP contribution is 2.45. The maximum absolute atomic E-state index is 3.71. The smallest absolute Gasteiger partial charge is 0.00682 e. The highest BCUT2D eigenvalue weighted by Gasteiger charge is 2.33. The maximum atomic E-state index is 3.71. The van der Waals surface area contributed by atoms with Gasteiger partial charge in [-0.15, -0.1) is 11.3 Å². The van der Waals surface area contributed by atoms with Crippen LogP contribution < -0.4 is 5.32 Å². The molecule has 1 N–H and O–H groups in total. The molecule has 0 atom stereocenters. The SMILES string of the molecule is Cc1ccc(CCC2(CCNC3CC3)CCCC2)s1. The summed E-state index contributed by atoms with van der Waals surface area (Å²) in [6.45, 7) is 3.48. The Hall–Kier alpha value is -0.340. The lowest BCUT2D eigenvalue weighted by molar-refractivity contribution is 0.245.